The monoisotopic (exact) mass is 362 g/mol. The Kier molecular flexibility index (Phi) is 5.55. The number of amides is 1. The van der Waals surface area contributed by atoms with Crippen LogP contribution in [0.2, 0.25) is 0 Å². The Morgan fingerprint density at radius 2 is 2.06 bits per heavy atom. The van der Waals surface area contributed by atoms with Crippen molar-refractivity contribution in [3.05, 3.63) is 27.8 Å². The van der Waals surface area contributed by atoms with E-state index in [9.17, 15) is 9.90 Å². The average Bonchev–Trinajstić information content (AvgIpc) is 2.18. The van der Waals surface area contributed by atoms with E-state index >= 15 is 0 Å². The Labute approximate surface area is 122 Å². The molecule has 0 aliphatic heterocycles. The van der Waals surface area contributed by atoms with Crippen LogP contribution in [0.1, 0.15) is 13.8 Å². The standard InChI is InChI=1S/C13H19IN2O2/c1-13(2,18)9-16(3)8-12(17)15-11-7-5-4-6-10(11)14/h4-7,18H,8-9H2,1-3H3,(H,15,17). The van der Waals surface area contributed by atoms with Crippen LogP contribution in [0.4, 0.5) is 5.69 Å². The molecule has 1 aromatic carbocycles. The highest BCUT2D eigenvalue weighted by Crippen LogP contribution is 2.16. The fourth-order valence-corrected chi connectivity index (χ4v) is 2.24. The summed E-state index contributed by atoms with van der Waals surface area (Å²) in [6, 6.07) is 7.63. The molecule has 18 heavy (non-hydrogen) atoms. The van der Waals surface area contributed by atoms with Crippen molar-refractivity contribution in [2.45, 2.75) is 19.4 Å². The zero-order chi connectivity index (χ0) is 13.8. The predicted octanol–water partition coefficient (Wildman–Crippen LogP) is 1.93. The van der Waals surface area contributed by atoms with Crippen molar-refractivity contribution >= 4 is 34.2 Å². The van der Waals surface area contributed by atoms with Crippen LogP contribution in [0.3, 0.4) is 0 Å². The first-order chi connectivity index (χ1) is 8.28. The normalized spacial score (nSPS) is 11.7. The van der Waals surface area contributed by atoms with E-state index in [0.29, 0.717) is 6.54 Å². The van der Waals surface area contributed by atoms with Gasteiger partial charge >= 0.3 is 0 Å². The molecule has 0 bridgehead atoms. The first kappa shape index (κ1) is 15.4. The predicted molar refractivity (Wildman–Crippen MR) is 81.6 cm³/mol. The molecule has 5 heteroatoms. The maximum atomic E-state index is 11.8. The van der Waals surface area contributed by atoms with Gasteiger partial charge in [-0.25, -0.2) is 0 Å². The molecule has 0 aliphatic carbocycles. The quantitative estimate of drug-likeness (QED) is 0.788. The average molecular weight is 362 g/mol. The van der Waals surface area contributed by atoms with Gasteiger partial charge in [-0.1, -0.05) is 12.1 Å². The molecule has 1 rings (SSSR count). The molecule has 0 saturated carbocycles. The molecular formula is C13H19IN2O2. The highest BCUT2D eigenvalue weighted by molar-refractivity contribution is 14.1. The number of anilines is 1. The zero-order valence-corrected chi connectivity index (χ0v) is 13.1. The molecule has 1 aromatic rings. The minimum absolute atomic E-state index is 0.0779. The third-order valence-corrected chi connectivity index (χ3v) is 3.16. The Hall–Kier alpha value is -0.660. The molecule has 0 saturated heterocycles. The molecule has 0 aliphatic rings. The number of halogens is 1. The van der Waals surface area contributed by atoms with Crippen LogP contribution in [0.25, 0.3) is 0 Å². The van der Waals surface area contributed by atoms with Gasteiger partial charge in [-0.3, -0.25) is 9.69 Å². The maximum Gasteiger partial charge on any atom is 0.238 e. The van der Waals surface area contributed by atoms with Crippen LogP contribution in [-0.4, -0.2) is 41.7 Å². The van der Waals surface area contributed by atoms with Crippen LogP contribution < -0.4 is 5.32 Å². The summed E-state index contributed by atoms with van der Waals surface area (Å²) in [6.07, 6.45) is 0. The molecule has 0 fully saturated rings. The maximum absolute atomic E-state index is 11.8. The van der Waals surface area contributed by atoms with Gasteiger partial charge < -0.3 is 10.4 Å². The Bertz CT molecular complexity index is 416. The number of benzene rings is 1. The minimum Gasteiger partial charge on any atom is -0.389 e. The van der Waals surface area contributed by atoms with Crippen molar-refractivity contribution in [3.63, 3.8) is 0 Å². The molecule has 0 radical (unpaired) electrons. The molecule has 4 nitrogen and oxygen atoms in total. The summed E-state index contributed by atoms with van der Waals surface area (Å²) in [5.74, 6) is -0.0779. The second kappa shape index (κ2) is 6.49. The van der Waals surface area contributed by atoms with Crippen molar-refractivity contribution < 1.29 is 9.90 Å². The SMILES string of the molecule is CN(CC(=O)Nc1ccccc1I)CC(C)(C)O. The summed E-state index contributed by atoms with van der Waals surface area (Å²) in [5, 5.41) is 12.5. The summed E-state index contributed by atoms with van der Waals surface area (Å²) in [4.78, 5) is 13.6. The highest BCUT2D eigenvalue weighted by Gasteiger charge is 2.17. The van der Waals surface area contributed by atoms with Crippen molar-refractivity contribution in [2.75, 3.05) is 25.5 Å². The fourth-order valence-electron chi connectivity index (χ4n) is 1.71. The topological polar surface area (TPSA) is 52.6 Å². The lowest BCUT2D eigenvalue weighted by atomic mass is 10.1. The van der Waals surface area contributed by atoms with E-state index in [1.165, 1.54) is 0 Å². The van der Waals surface area contributed by atoms with E-state index in [2.05, 4.69) is 27.9 Å². The molecule has 0 heterocycles. The van der Waals surface area contributed by atoms with Crippen molar-refractivity contribution in [1.82, 2.24) is 4.90 Å². The molecule has 0 unspecified atom stereocenters. The fraction of sp³-hybridized carbons (Fsp3) is 0.462. The second-order valence-corrected chi connectivity index (χ2v) is 6.17. The summed E-state index contributed by atoms with van der Waals surface area (Å²) in [7, 11) is 1.81. The van der Waals surface area contributed by atoms with Crippen LogP contribution in [-0.2, 0) is 4.79 Å². The lowest BCUT2D eigenvalue weighted by molar-refractivity contribution is -0.117. The number of hydrogen-bond donors (Lipinski definition) is 2. The van der Waals surface area contributed by atoms with E-state index in [-0.39, 0.29) is 12.5 Å². The molecule has 100 valence electrons. The van der Waals surface area contributed by atoms with Gasteiger partial charge in [0.05, 0.1) is 17.8 Å². The second-order valence-electron chi connectivity index (χ2n) is 5.01. The zero-order valence-electron chi connectivity index (χ0n) is 10.9. The third kappa shape index (κ3) is 5.79. The number of carbonyl (C=O) groups excluding carboxylic acids is 1. The summed E-state index contributed by atoms with van der Waals surface area (Å²) >= 11 is 2.18. The lowest BCUT2D eigenvalue weighted by Crippen LogP contribution is -2.40. The lowest BCUT2D eigenvalue weighted by Gasteiger charge is -2.24. The highest BCUT2D eigenvalue weighted by atomic mass is 127. The van der Waals surface area contributed by atoms with Crippen LogP contribution in [0, 0.1) is 3.57 Å². The van der Waals surface area contributed by atoms with Gasteiger partial charge in [0.1, 0.15) is 0 Å². The van der Waals surface area contributed by atoms with Gasteiger partial charge in [0, 0.05) is 10.1 Å². The van der Waals surface area contributed by atoms with E-state index < -0.39 is 5.60 Å². The van der Waals surface area contributed by atoms with Gasteiger partial charge in [-0.2, -0.15) is 0 Å². The van der Waals surface area contributed by atoms with Gasteiger partial charge in [-0.05, 0) is 55.6 Å². The Balaban J connectivity index is 2.50. The number of likely N-dealkylation sites (N-methyl/N-ethyl adjacent to an activating group) is 1. The summed E-state index contributed by atoms with van der Waals surface area (Å²) < 4.78 is 1.01. The number of hydrogen-bond acceptors (Lipinski definition) is 3. The molecule has 0 atom stereocenters. The molecular weight excluding hydrogens is 343 g/mol. The van der Waals surface area contributed by atoms with Crippen molar-refractivity contribution in [3.8, 4) is 0 Å². The van der Waals surface area contributed by atoms with Gasteiger partial charge in [0.15, 0.2) is 0 Å². The largest absolute Gasteiger partial charge is 0.389 e. The number of nitrogens with one attached hydrogen (secondary N) is 1. The molecule has 0 spiro atoms. The van der Waals surface area contributed by atoms with Gasteiger partial charge in [0.25, 0.3) is 0 Å². The minimum atomic E-state index is -0.795. The van der Waals surface area contributed by atoms with Crippen molar-refractivity contribution in [1.29, 1.82) is 0 Å². The van der Waals surface area contributed by atoms with E-state index in [1.807, 2.05) is 31.3 Å². The van der Waals surface area contributed by atoms with Crippen LogP contribution >= 0.6 is 22.6 Å². The number of carbonyl (C=O) groups is 1. The van der Waals surface area contributed by atoms with Crippen molar-refractivity contribution in [2.24, 2.45) is 0 Å². The van der Waals surface area contributed by atoms with E-state index in [4.69, 9.17) is 0 Å². The molecule has 0 aromatic heterocycles. The van der Waals surface area contributed by atoms with Crippen LogP contribution in [0.15, 0.2) is 24.3 Å². The third-order valence-electron chi connectivity index (χ3n) is 2.22. The Morgan fingerprint density at radius 1 is 1.44 bits per heavy atom. The molecule has 1 amide bonds. The number of para-hydroxylation sites is 1. The smallest absolute Gasteiger partial charge is 0.238 e. The number of aliphatic hydroxyl groups is 1. The molecule has 2 N–H and O–H groups in total. The first-order valence-electron chi connectivity index (χ1n) is 5.73. The van der Waals surface area contributed by atoms with E-state index in [0.717, 1.165) is 9.26 Å². The number of nitrogens with zero attached hydrogens (tertiary/aromatic N) is 1. The Morgan fingerprint density at radius 3 is 2.61 bits per heavy atom. The first-order valence-corrected chi connectivity index (χ1v) is 6.81. The van der Waals surface area contributed by atoms with E-state index in [1.54, 1.807) is 18.7 Å². The summed E-state index contributed by atoms with van der Waals surface area (Å²) in [5.41, 5.74) is 0.0238. The van der Waals surface area contributed by atoms with Gasteiger partial charge in [0.2, 0.25) is 5.91 Å². The summed E-state index contributed by atoms with van der Waals surface area (Å²) in [6.45, 7) is 4.16. The van der Waals surface area contributed by atoms with Crippen LogP contribution in [0.5, 0.6) is 0 Å². The van der Waals surface area contributed by atoms with Gasteiger partial charge in [-0.15, -0.1) is 0 Å². The number of rotatable bonds is 5.